The molecule has 0 saturated carbocycles. The topological polar surface area (TPSA) is 76.4 Å². The first-order valence-corrected chi connectivity index (χ1v) is 9.41. The molecule has 0 heterocycles. The molecule has 29 heavy (non-hydrogen) atoms. The van der Waals surface area contributed by atoms with Gasteiger partial charge in [-0.25, -0.2) is 4.79 Å². The van der Waals surface area contributed by atoms with Gasteiger partial charge in [0, 0.05) is 11.5 Å². The fourth-order valence-electron chi connectivity index (χ4n) is 3.62. The maximum absolute atomic E-state index is 12.1. The SMILES string of the molecule is NNc1ccccc1C#CCNC(=O)OCC1c2ccccc2-c2ccccc21. The number of fused-ring (bicyclic) bond motifs is 3. The van der Waals surface area contributed by atoms with E-state index in [-0.39, 0.29) is 19.1 Å². The minimum absolute atomic E-state index is 0.0433. The molecule has 3 aromatic carbocycles. The fraction of sp³-hybridized carbons (Fsp3) is 0.125. The molecule has 0 radical (unpaired) electrons. The number of amides is 1. The lowest BCUT2D eigenvalue weighted by atomic mass is 9.98. The quantitative estimate of drug-likeness (QED) is 0.363. The van der Waals surface area contributed by atoms with Crippen molar-refractivity contribution in [3.05, 3.63) is 89.5 Å². The molecule has 1 aliphatic carbocycles. The summed E-state index contributed by atoms with van der Waals surface area (Å²) >= 11 is 0. The van der Waals surface area contributed by atoms with Gasteiger partial charge in [0.2, 0.25) is 0 Å². The van der Waals surface area contributed by atoms with Crippen molar-refractivity contribution in [2.75, 3.05) is 18.6 Å². The molecule has 4 N–H and O–H groups in total. The maximum Gasteiger partial charge on any atom is 0.407 e. The number of ether oxygens (including phenoxy) is 1. The molecular formula is C24H21N3O2. The van der Waals surface area contributed by atoms with Crippen LogP contribution in [0.4, 0.5) is 10.5 Å². The van der Waals surface area contributed by atoms with E-state index in [0.29, 0.717) is 0 Å². The van der Waals surface area contributed by atoms with Crippen molar-refractivity contribution < 1.29 is 9.53 Å². The van der Waals surface area contributed by atoms with Crippen molar-refractivity contribution in [2.45, 2.75) is 5.92 Å². The van der Waals surface area contributed by atoms with E-state index in [1.165, 1.54) is 22.3 Å². The predicted molar refractivity (Wildman–Crippen MR) is 114 cm³/mol. The van der Waals surface area contributed by atoms with Crippen LogP contribution in [0.3, 0.4) is 0 Å². The minimum Gasteiger partial charge on any atom is -0.449 e. The number of nitrogen functional groups attached to an aromatic ring is 1. The van der Waals surface area contributed by atoms with Gasteiger partial charge in [0.05, 0.1) is 12.2 Å². The molecule has 0 fully saturated rings. The molecule has 144 valence electrons. The first-order chi connectivity index (χ1) is 14.3. The Morgan fingerprint density at radius 2 is 1.55 bits per heavy atom. The first-order valence-electron chi connectivity index (χ1n) is 9.41. The number of carbonyl (C=O) groups excluding carboxylic acids is 1. The van der Waals surface area contributed by atoms with Crippen molar-refractivity contribution in [1.82, 2.24) is 5.32 Å². The Balaban J connectivity index is 1.36. The predicted octanol–water partition coefficient (Wildman–Crippen LogP) is 3.86. The van der Waals surface area contributed by atoms with Crippen LogP contribution in [0, 0.1) is 11.8 Å². The van der Waals surface area contributed by atoms with Gasteiger partial charge in [0.1, 0.15) is 6.61 Å². The number of hydrogen-bond acceptors (Lipinski definition) is 4. The average molecular weight is 383 g/mol. The van der Waals surface area contributed by atoms with Crippen LogP contribution in [0.15, 0.2) is 72.8 Å². The summed E-state index contributed by atoms with van der Waals surface area (Å²) in [5.74, 6) is 11.4. The van der Waals surface area contributed by atoms with E-state index in [4.69, 9.17) is 10.6 Å². The standard InChI is InChI=1S/C24H21N3O2/c25-27-23-14-6-1-8-17(23)9-7-15-26-24(28)29-16-22-20-12-4-2-10-18(20)19-11-3-5-13-21(19)22/h1-6,8,10-14,22,27H,15-16,25H2,(H,26,28). The normalized spacial score (nSPS) is 11.6. The lowest BCUT2D eigenvalue weighted by molar-refractivity contribution is 0.144. The molecule has 0 spiro atoms. The second kappa shape index (κ2) is 8.51. The summed E-state index contributed by atoms with van der Waals surface area (Å²) in [6.07, 6.45) is -0.480. The highest BCUT2D eigenvalue weighted by Gasteiger charge is 2.28. The van der Waals surface area contributed by atoms with Gasteiger partial charge >= 0.3 is 6.09 Å². The van der Waals surface area contributed by atoms with Crippen molar-refractivity contribution in [2.24, 2.45) is 5.84 Å². The summed E-state index contributed by atoms with van der Waals surface area (Å²) in [4.78, 5) is 12.1. The molecule has 0 bridgehead atoms. The number of nitrogens with one attached hydrogen (secondary N) is 2. The molecule has 0 unspecified atom stereocenters. The van der Waals surface area contributed by atoms with Crippen LogP contribution < -0.4 is 16.6 Å². The Morgan fingerprint density at radius 3 is 2.24 bits per heavy atom. The third kappa shape index (κ3) is 3.93. The van der Waals surface area contributed by atoms with E-state index in [1.54, 1.807) is 0 Å². The molecule has 3 aromatic rings. The molecule has 1 amide bonds. The van der Waals surface area contributed by atoms with Gasteiger partial charge in [0.15, 0.2) is 0 Å². The molecule has 0 saturated heterocycles. The number of nitrogens with two attached hydrogens (primary N) is 1. The molecule has 5 nitrogen and oxygen atoms in total. The number of para-hydroxylation sites is 1. The van der Waals surface area contributed by atoms with Crippen molar-refractivity contribution in [3.8, 4) is 23.0 Å². The van der Waals surface area contributed by atoms with Gasteiger partial charge in [-0.05, 0) is 34.4 Å². The molecule has 5 heteroatoms. The van der Waals surface area contributed by atoms with E-state index in [2.05, 4.69) is 46.8 Å². The summed E-state index contributed by atoms with van der Waals surface area (Å²) < 4.78 is 5.49. The van der Waals surface area contributed by atoms with Gasteiger partial charge in [0.25, 0.3) is 0 Å². The summed E-state index contributed by atoms with van der Waals surface area (Å²) in [6, 6.07) is 23.9. The van der Waals surface area contributed by atoms with Gasteiger partial charge in [-0.2, -0.15) is 0 Å². The Labute approximate surface area is 169 Å². The Kier molecular flexibility index (Phi) is 5.46. The highest BCUT2D eigenvalue weighted by molar-refractivity contribution is 5.79. The van der Waals surface area contributed by atoms with Gasteiger partial charge < -0.3 is 15.5 Å². The molecule has 0 aliphatic heterocycles. The van der Waals surface area contributed by atoms with E-state index in [1.807, 2.05) is 48.5 Å². The monoisotopic (exact) mass is 383 g/mol. The third-order valence-corrected chi connectivity index (χ3v) is 4.97. The smallest absolute Gasteiger partial charge is 0.407 e. The Morgan fingerprint density at radius 1 is 0.931 bits per heavy atom. The van der Waals surface area contributed by atoms with Crippen LogP contribution in [0.5, 0.6) is 0 Å². The van der Waals surface area contributed by atoms with Gasteiger partial charge in [-0.3, -0.25) is 5.84 Å². The minimum atomic E-state index is -0.480. The molecule has 1 aliphatic rings. The van der Waals surface area contributed by atoms with Crippen LogP contribution in [0.1, 0.15) is 22.6 Å². The van der Waals surface area contributed by atoms with E-state index < -0.39 is 6.09 Å². The Hall–Kier alpha value is -3.75. The zero-order valence-electron chi connectivity index (χ0n) is 15.8. The van der Waals surface area contributed by atoms with E-state index in [0.717, 1.165) is 11.3 Å². The number of anilines is 1. The first kappa shape index (κ1) is 18.6. The largest absolute Gasteiger partial charge is 0.449 e. The number of hydrazine groups is 1. The van der Waals surface area contributed by atoms with E-state index >= 15 is 0 Å². The zero-order chi connectivity index (χ0) is 20.1. The number of rotatable bonds is 4. The van der Waals surface area contributed by atoms with Crippen molar-refractivity contribution in [1.29, 1.82) is 0 Å². The summed E-state index contributed by atoms with van der Waals surface area (Å²) in [6.45, 7) is 0.475. The maximum atomic E-state index is 12.1. The number of benzene rings is 3. The fourth-order valence-corrected chi connectivity index (χ4v) is 3.62. The number of hydrogen-bond donors (Lipinski definition) is 3. The van der Waals surface area contributed by atoms with Gasteiger partial charge in [-0.1, -0.05) is 72.5 Å². The molecule has 0 aromatic heterocycles. The van der Waals surface area contributed by atoms with Crippen LogP contribution in [0.25, 0.3) is 11.1 Å². The highest BCUT2D eigenvalue weighted by atomic mass is 16.5. The lowest BCUT2D eigenvalue weighted by Crippen LogP contribution is -2.26. The van der Waals surface area contributed by atoms with Crippen molar-refractivity contribution >= 4 is 11.8 Å². The Bertz CT molecular complexity index is 1050. The third-order valence-electron chi connectivity index (χ3n) is 4.97. The van der Waals surface area contributed by atoms with Crippen LogP contribution >= 0.6 is 0 Å². The summed E-state index contributed by atoms with van der Waals surface area (Å²) in [5.41, 5.74) is 8.89. The summed E-state index contributed by atoms with van der Waals surface area (Å²) in [5, 5.41) is 2.68. The van der Waals surface area contributed by atoms with Crippen LogP contribution in [0.2, 0.25) is 0 Å². The van der Waals surface area contributed by atoms with Crippen molar-refractivity contribution in [3.63, 3.8) is 0 Å². The zero-order valence-corrected chi connectivity index (χ0v) is 15.8. The second-order valence-corrected chi connectivity index (χ2v) is 6.67. The van der Waals surface area contributed by atoms with Gasteiger partial charge in [-0.15, -0.1) is 0 Å². The highest BCUT2D eigenvalue weighted by Crippen LogP contribution is 2.44. The molecule has 4 rings (SSSR count). The lowest BCUT2D eigenvalue weighted by Gasteiger charge is -2.14. The number of alkyl carbamates (subject to hydrolysis) is 1. The second-order valence-electron chi connectivity index (χ2n) is 6.67. The van der Waals surface area contributed by atoms with Crippen LogP contribution in [-0.2, 0) is 4.74 Å². The molecular weight excluding hydrogens is 362 g/mol. The summed E-state index contributed by atoms with van der Waals surface area (Å²) in [7, 11) is 0. The average Bonchev–Trinajstić information content (AvgIpc) is 3.09. The number of carbonyl (C=O) groups is 1. The van der Waals surface area contributed by atoms with Crippen LogP contribution in [-0.4, -0.2) is 19.2 Å². The molecule has 0 atom stereocenters. The van der Waals surface area contributed by atoms with E-state index in [9.17, 15) is 4.79 Å².